The van der Waals surface area contributed by atoms with Gasteiger partial charge in [0.05, 0.1) is 5.52 Å². The van der Waals surface area contributed by atoms with Crippen LogP contribution in [0.15, 0.2) is 30.5 Å². The van der Waals surface area contributed by atoms with Crippen molar-refractivity contribution in [3.8, 4) is 5.75 Å². The second-order valence-electron chi connectivity index (χ2n) is 6.48. The zero-order chi connectivity index (χ0) is 15.4. The first-order valence-corrected chi connectivity index (χ1v) is 8.55. The van der Waals surface area contributed by atoms with E-state index < -0.39 is 0 Å². The highest BCUT2D eigenvalue weighted by Gasteiger charge is 2.22. The minimum absolute atomic E-state index is 0.325. The van der Waals surface area contributed by atoms with Crippen molar-refractivity contribution in [3.63, 3.8) is 0 Å². The molecule has 2 atom stereocenters. The molecule has 0 unspecified atom stereocenters. The highest BCUT2D eigenvalue weighted by atomic mass is 16.3. The molecule has 1 fully saturated rings. The lowest BCUT2D eigenvalue weighted by Crippen LogP contribution is -2.36. The molecule has 1 aliphatic rings. The number of hydrogen-bond acceptors (Lipinski definition) is 3. The zero-order valence-corrected chi connectivity index (χ0v) is 13.4. The SMILES string of the molecule is CC[C@H]1CNCC[C@H]1CCCc1ccnc2ccc(O)cc12. The average Bonchev–Trinajstić information content (AvgIpc) is 2.55. The number of pyridine rings is 1. The van der Waals surface area contributed by atoms with Crippen molar-refractivity contribution in [2.24, 2.45) is 11.8 Å². The van der Waals surface area contributed by atoms with Crippen LogP contribution in [0.3, 0.4) is 0 Å². The van der Waals surface area contributed by atoms with Crippen molar-refractivity contribution < 1.29 is 5.11 Å². The molecule has 0 amide bonds. The fourth-order valence-electron chi connectivity index (χ4n) is 3.80. The van der Waals surface area contributed by atoms with E-state index in [0.717, 1.165) is 29.2 Å². The molecule has 0 radical (unpaired) electrons. The normalized spacial score (nSPS) is 22.0. The number of aryl methyl sites for hydroxylation is 1. The topological polar surface area (TPSA) is 45.2 Å². The van der Waals surface area contributed by atoms with Crippen molar-refractivity contribution in [1.29, 1.82) is 0 Å². The maximum atomic E-state index is 9.72. The Bertz CT molecular complexity index is 626. The van der Waals surface area contributed by atoms with Crippen LogP contribution in [0.5, 0.6) is 5.75 Å². The van der Waals surface area contributed by atoms with Gasteiger partial charge in [-0.2, -0.15) is 0 Å². The maximum Gasteiger partial charge on any atom is 0.116 e. The van der Waals surface area contributed by atoms with Crippen molar-refractivity contribution in [2.75, 3.05) is 13.1 Å². The molecule has 3 heteroatoms. The third kappa shape index (κ3) is 3.41. The maximum absolute atomic E-state index is 9.72. The van der Waals surface area contributed by atoms with Gasteiger partial charge < -0.3 is 10.4 Å². The van der Waals surface area contributed by atoms with Crippen LogP contribution in [-0.4, -0.2) is 23.2 Å². The molecule has 118 valence electrons. The lowest BCUT2D eigenvalue weighted by atomic mass is 9.81. The summed E-state index contributed by atoms with van der Waals surface area (Å²) in [6.45, 7) is 4.67. The largest absolute Gasteiger partial charge is 0.508 e. The third-order valence-electron chi connectivity index (χ3n) is 5.13. The van der Waals surface area contributed by atoms with E-state index in [1.54, 1.807) is 6.07 Å². The lowest BCUT2D eigenvalue weighted by Gasteiger charge is -2.31. The van der Waals surface area contributed by atoms with Gasteiger partial charge in [-0.3, -0.25) is 4.98 Å². The average molecular weight is 298 g/mol. The van der Waals surface area contributed by atoms with Crippen molar-refractivity contribution in [1.82, 2.24) is 10.3 Å². The van der Waals surface area contributed by atoms with Gasteiger partial charge in [-0.05, 0) is 80.4 Å². The van der Waals surface area contributed by atoms with Gasteiger partial charge in [-0.25, -0.2) is 0 Å². The van der Waals surface area contributed by atoms with Crippen molar-refractivity contribution >= 4 is 10.9 Å². The fraction of sp³-hybridized carbons (Fsp3) is 0.526. The van der Waals surface area contributed by atoms with Crippen LogP contribution < -0.4 is 5.32 Å². The molecule has 0 bridgehead atoms. The summed E-state index contributed by atoms with van der Waals surface area (Å²) in [5.41, 5.74) is 2.28. The molecule has 1 aromatic heterocycles. The summed E-state index contributed by atoms with van der Waals surface area (Å²) < 4.78 is 0. The van der Waals surface area contributed by atoms with Gasteiger partial charge >= 0.3 is 0 Å². The number of phenolic OH excluding ortho intramolecular Hbond substituents is 1. The highest BCUT2D eigenvalue weighted by Crippen LogP contribution is 2.28. The van der Waals surface area contributed by atoms with Crippen molar-refractivity contribution in [2.45, 2.75) is 39.0 Å². The molecule has 0 aliphatic carbocycles. The summed E-state index contributed by atoms with van der Waals surface area (Å²) in [5, 5.41) is 14.3. The summed E-state index contributed by atoms with van der Waals surface area (Å²) in [7, 11) is 0. The van der Waals surface area contributed by atoms with Gasteiger partial charge in [0.1, 0.15) is 5.75 Å². The standard InChI is InChI=1S/C19H26N2O/c1-2-14-13-20-10-8-15(14)4-3-5-16-9-11-21-19-7-6-17(22)12-18(16)19/h6-7,9,11-12,14-15,20,22H,2-5,8,10,13H2,1H3/t14-,15+/m0/s1. The van der Waals surface area contributed by atoms with E-state index >= 15 is 0 Å². The van der Waals surface area contributed by atoms with Gasteiger partial charge in [0, 0.05) is 11.6 Å². The summed E-state index contributed by atoms with van der Waals surface area (Å²) >= 11 is 0. The number of aromatic hydroxyl groups is 1. The van der Waals surface area contributed by atoms with E-state index in [2.05, 4.69) is 23.3 Å². The predicted molar refractivity (Wildman–Crippen MR) is 91.1 cm³/mol. The lowest BCUT2D eigenvalue weighted by molar-refractivity contribution is 0.230. The van der Waals surface area contributed by atoms with E-state index in [1.165, 1.54) is 44.3 Å². The van der Waals surface area contributed by atoms with Gasteiger partial charge in [-0.1, -0.05) is 13.3 Å². The molecule has 1 aromatic carbocycles. The number of benzene rings is 1. The molecule has 0 saturated carbocycles. The van der Waals surface area contributed by atoms with Crippen LogP contribution in [0.4, 0.5) is 0 Å². The monoisotopic (exact) mass is 298 g/mol. The molecule has 0 spiro atoms. The van der Waals surface area contributed by atoms with Gasteiger partial charge in [0.25, 0.3) is 0 Å². The summed E-state index contributed by atoms with van der Waals surface area (Å²) in [4.78, 5) is 4.39. The predicted octanol–water partition coefficient (Wildman–Crippen LogP) is 3.90. The molecule has 2 aromatic rings. The number of fused-ring (bicyclic) bond motifs is 1. The zero-order valence-electron chi connectivity index (χ0n) is 13.4. The number of nitrogens with zero attached hydrogens (tertiary/aromatic N) is 1. The number of aromatic nitrogens is 1. The Morgan fingerprint density at radius 3 is 3.05 bits per heavy atom. The number of hydrogen-bond donors (Lipinski definition) is 2. The van der Waals surface area contributed by atoms with E-state index in [0.29, 0.717) is 5.75 Å². The second kappa shape index (κ2) is 7.10. The van der Waals surface area contributed by atoms with Crippen molar-refractivity contribution in [3.05, 3.63) is 36.0 Å². The minimum Gasteiger partial charge on any atom is -0.508 e. The first kappa shape index (κ1) is 15.3. The Hall–Kier alpha value is -1.61. The van der Waals surface area contributed by atoms with Crippen LogP contribution in [0.25, 0.3) is 10.9 Å². The molecular formula is C19H26N2O. The Kier molecular flexibility index (Phi) is 4.94. The van der Waals surface area contributed by atoms with Crippen LogP contribution in [0.2, 0.25) is 0 Å². The van der Waals surface area contributed by atoms with Gasteiger partial charge in [-0.15, -0.1) is 0 Å². The molecule has 3 rings (SSSR count). The molecule has 1 saturated heterocycles. The van der Waals surface area contributed by atoms with E-state index in [1.807, 2.05) is 18.3 Å². The molecular weight excluding hydrogens is 272 g/mol. The van der Waals surface area contributed by atoms with Crippen LogP contribution in [-0.2, 0) is 6.42 Å². The number of phenols is 1. The van der Waals surface area contributed by atoms with Gasteiger partial charge in [0.15, 0.2) is 0 Å². The number of nitrogens with one attached hydrogen (secondary N) is 1. The third-order valence-corrected chi connectivity index (χ3v) is 5.13. The Balaban J connectivity index is 1.65. The fourth-order valence-corrected chi connectivity index (χ4v) is 3.80. The van der Waals surface area contributed by atoms with Crippen LogP contribution in [0.1, 0.15) is 38.2 Å². The smallest absolute Gasteiger partial charge is 0.116 e. The first-order valence-electron chi connectivity index (χ1n) is 8.55. The summed E-state index contributed by atoms with van der Waals surface area (Å²) in [6.07, 6.45) is 8.08. The Morgan fingerprint density at radius 2 is 2.18 bits per heavy atom. The van der Waals surface area contributed by atoms with Crippen LogP contribution in [0, 0.1) is 11.8 Å². The summed E-state index contributed by atoms with van der Waals surface area (Å²) in [6, 6.07) is 7.55. The Morgan fingerprint density at radius 1 is 1.27 bits per heavy atom. The van der Waals surface area contributed by atoms with Gasteiger partial charge in [0.2, 0.25) is 0 Å². The molecule has 3 nitrogen and oxygen atoms in total. The molecule has 1 aliphatic heterocycles. The summed E-state index contributed by atoms with van der Waals surface area (Å²) in [5.74, 6) is 2.03. The quantitative estimate of drug-likeness (QED) is 0.880. The number of piperidine rings is 1. The Labute approximate surface area is 132 Å². The molecule has 22 heavy (non-hydrogen) atoms. The van der Waals surface area contributed by atoms with E-state index in [4.69, 9.17) is 0 Å². The van der Waals surface area contributed by atoms with E-state index in [-0.39, 0.29) is 0 Å². The second-order valence-corrected chi connectivity index (χ2v) is 6.48. The molecule has 2 heterocycles. The van der Waals surface area contributed by atoms with Crippen LogP contribution >= 0.6 is 0 Å². The number of rotatable bonds is 5. The van der Waals surface area contributed by atoms with E-state index in [9.17, 15) is 5.11 Å². The first-order chi connectivity index (χ1) is 10.8. The minimum atomic E-state index is 0.325. The highest BCUT2D eigenvalue weighted by molar-refractivity contribution is 5.83. The molecule has 2 N–H and O–H groups in total.